The van der Waals surface area contributed by atoms with E-state index in [0.29, 0.717) is 6.42 Å². The fourth-order valence-corrected chi connectivity index (χ4v) is 7.91. The van der Waals surface area contributed by atoms with Crippen LogP contribution in [0.4, 0.5) is 0 Å². The number of allylic oxidation sites excluding steroid dienone is 2. The Morgan fingerprint density at radius 2 is 0.789 bits per heavy atom. The molecule has 0 radical (unpaired) electrons. The third-order valence-electron chi connectivity index (χ3n) is 10.7. The zero-order valence-corrected chi connectivity index (χ0v) is 40.8. The van der Waals surface area contributed by atoms with Gasteiger partial charge in [-0.3, -0.25) is 0 Å². The van der Waals surface area contributed by atoms with Crippen molar-refractivity contribution in [2.45, 2.75) is 237 Å². The van der Waals surface area contributed by atoms with E-state index < -0.39 is 32.5 Å². The third-order valence-corrected chi connectivity index (χ3v) is 11.6. The molecule has 57 heavy (non-hydrogen) atoms. The first-order valence-corrected chi connectivity index (χ1v) is 24.5. The molecule has 0 fully saturated rings. The van der Waals surface area contributed by atoms with Crippen molar-refractivity contribution < 1.29 is 83.4 Å². The number of esters is 2. The molecule has 0 bridgehead atoms. The van der Waals surface area contributed by atoms with Gasteiger partial charge in [-0.2, -0.15) is 0 Å². The summed E-state index contributed by atoms with van der Waals surface area (Å²) in [5.41, 5.74) is -0.934. The average Bonchev–Trinajstić information content (AvgIpc) is 3.18. The molecule has 9 heteroatoms. The van der Waals surface area contributed by atoms with Crippen LogP contribution >= 0.6 is 0 Å². The number of carbonyl (C=O) groups excluding carboxylic acids is 2. The maximum absolute atomic E-state index is 13.0. The fraction of sp³-hybridized carbons (Fsp3) is 0.750. The van der Waals surface area contributed by atoms with Crippen LogP contribution in [0.5, 0.6) is 0 Å². The van der Waals surface area contributed by atoms with Crippen molar-refractivity contribution in [3.05, 3.63) is 54.0 Å². The summed E-state index contributed by atoms with van der Waals surface area (Å²) in [4.78, 5) is 25.0. The van der Waals surface area contributed by atoms with E-state index in [1.54, 1.807) is 12.2 Å². The average molecular weight is 841 g/mol. The minimum Gasteiger partial charge on any atom is -0.744 e. The van der Waals surface area contributed by atoms with Gasteiger partial charge in [-0.1, -0.05) is 213 Å². The summed E-state index contributed by atoms with van der Waals surface area (Å²) in [7, 11) is -5.05. The summed E-state index contributed by atoms with van der Waals surface area (Å²) >= 11 is 0. The first kappa shape index (κ1) is 56.2. The van der Waals surface area contributed by atoms with Crippen LogP contribution in [-0.2, 0) is 19.6 Å². The Labute approximate surface area is 392 Å². The molecule has 1 aromatic rings. The monoisotopic (exact) mass is 841 g/mol. The molecule has 322 valence electrons. The number of carbonyl (C=O) groups is 2. The van der Waals surface area contributed by atoms with Gasteiger partial charge in [-0.05, 0) is 50.0 Å². The Morgan fingerprint density at radius 1 is 0.491 bits per heavy atom. The van der Waals surface area contributed by atoms with Crippen molar-refractivity contribution in [3.8, 4) is 0 Å². The number of benzene rings is 1. The van der Waals surface area contributed by atoms with Crippen molar-refractivity contribution in [2.75, 3.05) is 0 Å². The fourth-order valence-electron chi connectivity index (χ4n) is 7.22. The zero-order chi connectivity index (χ0) is 40.8. The summed E-state index contributed by atoms with van der Waals surface area (Å²) in [6.45, 7) is 4.53. The zero-order valence-electron chi connectivity index (χ0n) is 36.8. The second-order valence-electron chi connectivity index (χ2n) is 15.9. The standard InChI is InChI=1S/C48H82O7S.K/c1-3-5-7-9-11-13-15-17-19-21-23-25-27-29-31-33-35-37-42-54-47(49)44-40-39-41-45(56(51,52)53)46(44)48(50)55-43-38-36-34-32-30-28-26-24-22-20-18-16-14-12-10-8-6-4-2;/h37-43H,3-36H2,1-2H3,(H,51,52,53);/q;+1/p-1/b42-37+,43-38+;. The molecule has 1 rings (SSSR count). The van der Waals surface area contributed by atoms with Crippen LogP contribution in [0.15, 0.2) is 47.8 Å². The first-order valence-electron chi connectivity index (χ1n) is 23.1. The number of unbranched alkanes of at least 4 members (excludes halogenated alkanes) is 32. The van der Waals surface area contributed by atoms with Gasteiger partial charge < -0.3 is 14.0 Å². The number of hydrogen-bond donors (Lipinski definition) is 0. The second kappa shape index (κ2) is 40.6. The van der Waals surface area contributed by atoms with Gasteiger partial charge in [0, 0.05) is 0 Å². The van der Waals surface area contributed by atoms with Crippen molar-refractivity contribution in [1.82, 2.24) is 0 Å². The van der Waals surface area contributed by atoms with Crippen molar-refractivity contribution >= 4 is 22.1 Å². The van der Waals surface area contributed by atoms with Crippen LogP contribution in [-0.4, -0.2) is 24.9 Å². The number of hydrogen-bond acceptors (Lipinski definition) is 7. The van der Waals surface area contributed by atoms with E-state index in [0.717, 1.165) is 38.2 Å². The van der Waals surface area contributed by atoms with Crippen LogP contribution in [0.1, 0.15) is 253 Å². The number of ether oxygens (including phenoxy) is 2. The summed E-state index contributed by atoms with van der Waals surface area (Å²) in [5.74, 6) is -2.02. The maximum Gasteiger partial charge on any atom is 1.00 e. The van der Waals surface area contributed by atoms with Crippen LogP contribution in [0.25, 0.3) is 0 Å². The summed E-state index contributed by atoms with van der Waals surface area (Å²) in [6, 6.07) is 3.51. The van der Waals surface area contributed by atoms with E-state index in [-0.39, 0.29) is 56.9 Å². The predicted octanol–water partition coefficient (Wildman–Crippen LogP) is 12.2. The van der Waals surface area contributed by atoms with Gasteiger partial charge in [-0.15, -0.1) is 0 Å². The normalized spacial score (nSPS) is 11.7. The molecule has 0 atom stereocenters. The Balaban J connectivity index is 0.0000314. The molecule has 0 N–H and O–H groups in total. The molecule has 0 aliphatic carbocycles. The van der Waals surface area contributed by atoms with Gasteiger partial charge in [0.2, 0.25) is 0 Å². The molecular weight excluding hydrogens is 760 g/mol. The summed E-state index contributed by atoms with van der Waals surface area (Å²) in [5, 5.41) is 0. The second-order valence-corrected chi connectivity index (χ2v) is 17.2. The van der Waals surface area contributed by atoms with Crippen molar-refractivity contribution in [1.29, 1.82) is 0 Å². The minimum atomic E-state index is -5.05. The number of rotatable bonds is 39. The molecule has 0 spiro atoms. The summed E-state index contributed by atoms with van der Waals surface area (Å²) < 4.78 is 46.3. The molecule has 0 aromatic heterocycles. The minimum absolute atomic E-state index is 0. The predicted molar refractivity (Wildman–Crippen MR) is 232 cm³/mol. The van der Waals surface area contributed by atoms with E-state index in [4.69, 9.17) is 9.47 Å². The molecule has 0 amide bonds. The van der Waals surface area contributed by atoms with Crippen LogP contribution in [0, 0.1) is 0 Å². The molecule has 0 aliphatic rings. The van der Waals surface area contributed by atoms with E-state index in [1.807, 2.05) is 0 Å². The van der Waals surface area contributed by atoms with Gasteiger partial charge in [0.1, 0.15) is 10.1 Å². The van der Waals surface area contributed by atoms with Gasteiger partial charge in [0.25, 0.3) is 0 Å². The van der Waals surface area contributed by atoms with Gasteiger partial charge in [0.15, 0.2) is 0 Å². The molecule has 7 nitrogen and oxygen atoms in total. The smallest absolute Gasteiger partial charge is 0.744 e. The van der Waals surface area contributed by atoms with E-state index in [2.05, 4.69) is 13.8 Å². The molecule has 0 saturated heterocycles. The molecule has 0 heterocycles. The van der Waals surface area contributed by atoms with Crippen LogP contribution < -0.4 is 51.4 Å². The third kappa shape index (κ3) is 32.6. The molecular formula is C48H81KO7S. The largest absolute Gasteiger partial charge is 1.00 e. The summed E-state index contributed by atoms with van der Waals surface area (Å²) in [6.07, 6.45) is 48.8. The van der Waals surface area contributed by atoms with Crippen LogP contribution in [0.3, 0.4) is 0 Å². The van der Waals surface area contributed by atoms with Gasteiger partial charge in [0.05, 0.1) is 28.5 Å². The Morgan fingerprint density at radius 3 is 1.11 bits per heavy atom. The molecule has 0 saturated carbocycles. The van der Waals surface area contributed by atoms with Crippen LogP contribution in [0.2, 0.25) is 0 Å². The van der Waals surface area contributed by atoms with E-state index >= 15 is 0 Å². The van der Waals surface area contributed by atoms with E-state index in [9.17, 15) is 22.6 Å². The Hall–Kier alpha value is -0.814. The van der Waals surface area contributed by atoms with Gasteiger partial charge >= 0.3 is 63.3 Å². The maximum atomic E-state index is 13.0. The van der Waals surface area contributed by atoms with E-state index in [1.165, 1.54) is 204 Å². The van der Waals surface area contributed by atoms with Crippen molar-refractivity contribution in [3.63, 3.8) is 0 Å². The Kier molecular flexibility index (Phi) is 40.0. The first-order chi connectivity index (χ1) is 27.3. The SMILES string of the molecule is CCCCCCCCCCCCCCCCCC/C=C/OC(=O)c1cccc(S(=O)(=O)[O-])c1C(=O)O/C=C/CCCCCCCCCCCCCCCCCC.[K+]. The molecule has 0 aliphatic heterocycles. The Bertz CT molecular complexity index is 1280. The molecule has 0 unspecified atom stereocenters. The topological polar surface area (TPSA) is 110 Å². The van der Waals surface area contributed by atoms with Gasteiger partial charge in [-0.25, -0.2) is 18.0 Å². The van der Waals surface area contributed by atoms with Crippen molar-refractivity contribution in [2.24, 2.45) is 0 Å². The quantitative estimate of drug-likeness (QED) is 0.0213. The molecule has 1 aromatic carbocycles.